The van der Waals surface area contributed by atoms with Gasteiger partial charge in [0.05, 0.1) is 0 Å². The lowest BCUT2D eigenvalue weighted by molar-refractivity contribution is 0.561. The fourth-order valence-corrected chi connectivity index (χ4v) is 2.17. The normalized spacial score (nSPS) is 27.0. The lowest BCUT2D eigenvalue weighted by atomic mass is 10.1. The third-order valence-corrected chi connectivity index (χ3v) is 3.22. The molecule has 1 aliphatic carbocycles. The molecule has 1 saturated heterocycles. The van der Waals surface area contributed by atoms with E-state index in [0.29, 0.717) is 5.92 Å². The predicted octanol–water partition coefficient (Wildman–Crippen LogP) is 0.765. The molecule has 3 rings (SSSR count). The molecule has 0 aromatic carbocycles. The highest BCUT2D eigenvalue weighted by molar-refractivity contribution is 5.01. The van der Waals surface area contributed by atoms with E-state index in [9.17, 15) is 0 Å². The molecule has 1 unspecified atom stereocenters. The second-order valence-electron chi connectivity index (χ2n) is 4.47. The number of hydrogen-bond acceptors (Lipinski definition) is 3. The molecule has 0 bridgehead atoms. The van der Waals surface area contributed by atoms with E-state index in [1.165, 1.54) is 25.1 Å². The molecule has 1 aliphatic heterocycles. The highest BCUT2D eigenvalue weighted by atomic mass is 15.3. The first-order valence-corrected chi connectivity index (χ1v) is 5.52. The van der Waals surface area contributed by atoms with E-state index in [1.54, 1.807) is 0 Å². The number of nitrogens with one attached hydrogen (secondary N) is 1. The lowest BCUT2D eigenvalue weighted by Gasteiger charge is -2.09. The van der Waals surface area contributed by atoms with Crippen LogP contribution < -0.4 is 5.32 Å². The van der Waals surface area contributed by atoms with E-state index in [4.69, 9.17) is 0 Å². The van der Waals surface area contributed by atoms with Crippen LogP contribution in [-0.2, 0) is 6.54 Å². The van der Waals surface area contributed by atoms with E-state index in [1.807, 2.05) is 6.33 Å². The SMILES string of the molecule is c1nnc(C2CCNC2)n1CC1CC1. The fourth-order valence-electron chi connectivity index (χ4n) is 2.17. The van der Waals surface area contributed by atoms with Crippen molar-refractivity contribution in [2.75, 3.05) is 13.1 Å². The Hall–Kier alpha value is -0.900. The zero-order valence-electron chi connectivity index (χ0n) is 8.32. The van der Waals surface area contributed by atoms with E-state index in [0.717, 1.165) is 25.6 Å². The van der Waals surface area contributed by atoms with Crippen molar-refractivity contribution < 1.29 is 0 Å². The van der Waals surface area contributed by atoms with Gasteiger partial charge >= 0.3 is 0 Å². The fraction of sp³-hybridized carbons (Fsp3) is 0.800. The summed E-state index contributed by atoms with van der Waals surface area (Å²) in [5.41, 5.74) is 0. The average molecular weight is 192 g/mol. The van der Waals surface area contributed by atoms with Crippen molar-refractivity contribution in [2.45, 2.75) is 31.7 Å². The van der Waals surface area contributed by atoms with Gasteiger partial charge in [0.25, 0.3) is 0 Å². The Balaban J connectivity index is 1.77. The Morgan fingerprint density at radius 1 is 1.43 bits per heavy atom. The van der Waals surface area contributed by atoms with E-state index in [2.05, 4.69) is 20.1 Å². The van der Waals surface area contributed by atoms with Crippen molar-refractivity contribution >= 4 is 0 Å². The largest absolute Gasteiger partial charge is 0.317 e. The smallest absolute Gasteiger partial charge is 0.137 e. The molecule has 0 radical (unpaired) electrons. The molecule has 4 heteroatoms. The Morgan fingerprint density at radius 2 is 2.36 bits per heavy atom. The summed E-state index contributed by atoms with van der Waals surface area (Å²) >= 11 is 0. The highest BCUT2D eigenvalue weighted by Gasteiger charge is 2.26. The van der Waals surface area contributed by atoms with Gasteiger partial charge in [-0.1, -0.05) is 0 Å². The predicted molar refractivity (Wildman–Crippen MR) is 53.0 cm³/mol. The van der Waals surface area contributed by atoms with Crippen molar-refractivity contribution in [1.82, 2.24) is 20.1 Å². The van der Waals surface area contributed by atoms with Gasteiger partial charge in [-0.25, -0.2) is 0 Å². The summed E-state index contributed by atoms with van der Waals surface area (Å²) < 4.78 is 2.26. The van der Waals surface area contributed by atoms with E-state index in [-0.39, 0.29) is 0 Å². The third kappa shape index (κ3) is 1.54. The molecular formula is C10H16N4. The Labute approximate surface area is 83.7 Å². The maximum absolute atomic E-state index is 4.25. The molecule has 0 spiro atoms. The van der Waals surface area contributed by atoms with Crippen molar-refractivity contribution in [3.63, 3.8) is 0 Å². The minimum Gasteiger partial charge on any atom is -0.317 e. The number of hydrogen-bond donors (Lipinski definition) is 1. The van der Waals surface area contributed by atoms with Gasteiger partial charge in [0.1, 0.15) is 12.2 Å². The Morgan fingerprint density at radius 3 is 3.07 bits per heavy atom. The maximum Gasteiger partial charge on any atom is 0.137 e. The topological polar surface area (TPSA) is 42.7 Å². The van der Waals surface area contributed by atoms with Gasteiger partial charge in [-0.05, 0) is 31.7 Å². The monoisotopic (exact) mass is 192 g/mol. The van der Waals surface area contributed by atoms with Crippen LogP contribution in [0.25, 0.3) is 0 Å². The molecule has 1 N–H and O–H groups in total. The summed E-state index contributed by atoms with van der Waals surface area (Å²) in [6.07, 6.45) is 5.89. The molecule has 0 amide bonds. The third-order valence-electron chi connectivity index (χ3n) is 3.22. The average Bonchev–Trinajstić information content (AvgIpc) is 2.68. The molecular weight excluding hydrogens is 176 g/mol. The maximum atomic E-state index is 4.25. The van der Waals surface area contributed by atoms with Crippen LogP contribution in [0.4, 0.5) is 0 Å². The van der Waals surface area contributed by atoms with Gasteiger partial charge in [0.2, 0.25) is 0 Å². The molecule has 2 aliphatic rings. The first-order chi connectivity index (χ1) is 6.93. The molecule has 1 aromatic heterocycles. The molecule has 2 heterocycles. The highest BCUT2D eigenvalue weighted by Crippen LogP contribution is 2.31. The van der Waals surface area contributed by atoms with Crippen LogP contribution in [0.5, 0.6) is 0 Å². The summed E-state index contributed by atoms with van der Waals surface area (Å²) in [4.78, 5) is 0. The summed E-state index contributed by atoms with van der Waals surface area (Å²) in [5.74, 6) is 2.69. The van der Waals surface area contributed by atoms with Gasteiger partial charge < -0.3 is 9.88 Å². The molecule has 1 aromatic rings. The number of rotatable bonds is 3. The first kappa shape index (κ1) is 8.41. The second-order valence-corrected chi connectivity index (χ2v) is 4.47. The second kappa shape index (κ2) is 3.35. The van der Waals surface area contributed by atoms with Crippen molar-refractivity contribution in [3.8, 4) is 0 Å². The van der Waals surface area contributed by atoms with Crippen molar-refractivity contribution in [2.24, 2.45) is 5.92 Å². The van der Waals surface area contributed by atoms with Crippen LogP contribution in [0.15, 0.2) is 6.33 Å². The first-order valence-electron chi connectivity index (χ1n) is 5.52. The van der Waals surface area contributed by atoms with Crippen LogP contribution in [0, 0.1) is 5.92 Å². The number of nitrogens with zero attached hydrogens (tertiary/aromatic N) is 3. The zero-order valence-corrected chi connectivity index (χ0v) is 8.32. The zero-order chi connectivity index (χ0) is 9.38. The van der Waals surface area contributed by atoms with Gasteiger partial charge in [-0.2, -0.15) is 0 Å². The Bertz CT molecular complexity index is 310. The molecule has 1 atom stereocenters. The number of aromatic nitrogens is 3. The van der Waals surface area contributed by atoms with Gasteiger partial charge in [-0.15, -0.1) is 10.2 Å². The molecule has 1 saturated carbocycles. The van der Waals surface area contributed by atoms with Gasteiger partial charge in [-0.3, -0.25) is 0 Å². The van der Waals surface area contributed by atoms with Crippen molar-refractivity contribution in [3.05, 3.63) is 12.2 Å². The van der Waals surface area contributed by atoms with Crippen LogP contribution in [0.2, 0.25) is 0 Å². The van der Waals surface area contributed by atoms with Gasteiger partial charge in [0, 0.05) is 19.0 Å². The van der Waals surface area contributed by atoms with Crippen LogP contribution in [-0.4, -0.2) is 27.9 Å². The minimum absolute atomic E-state index is 0.594. The summed E-state index contributed by atoms with van der Waals surface area (Å²) in [7, 11) is 0. The van der Waals surface area contributed by atoms with Crippen LogP contribution in [0.3, 0.4) is 0 Å². The quantitative estimate of drug-likeness (QED) is 0.769. The molecule has 2 fully saturated rings. The molecule has 76 valence electrons. The Kier molecular flexibility index (Phi) is 2.01. The summed E-state index contributed by atoms with van der Waals surface area (Å²) in [6.45, 7) is 3.34. The standard InChI is InChI=1S/C10H16N4/c1-2-8(1)6-14-7-12-13-10(14)9-3-4-11-5-9/h7-9,11H,1-6H2. The molecule has 4 nitrogen and oxygen atoms in total. The van der Waals surface area contributed by atoms with Crippen LogP contribution >= 0.6 is 0 Å². The minimum atomic E-state index is 0.594. The summed E-state index contributed by atoms with van der Waals surface area (Å²) in [6, 6.07) is 0. The van der Waals surface area contributed by atoms with Crippen molar-refractivity contribution in [1.29, 1.82) is 0 Å². The summed E-state index contributed by atoms with van der Waals surface area (Å²) in [5, 5.41) is 11.7. The van der Waals surface area contributed by atoms with E-state index < -0.39 is 0 Å². The van der Waals surface area contributed by atoms with E-state index >= 15 is 0 Å². The van der Waals surface area contributed by atoms with Crippen LogP contribution in [0.1, 0.15) is 31.0 Å². The lowest BCUT2D eigenvalue weighted by Crippen LogP contribution is -2.13. The van der Waals surface area contributed by atoms with Gasteiger partial charge in [0.15, 0.2) is 0 Å². The molecule has 14 heavy (non-hydrogen) atoms.